The minimum Gasteiger partial charge on any atom is -0.172 e. The molecule has 58 valence electrons. The van der Waals surface area contributed by atoms with E-state index in [-0.39, 0.29) is 0 Å². The van der Waals surface area contributed by atoms with Gasteiger partial charge in [0.05, 0.1) is 5.03 Å². The van der Waals surface area contributed by atoms with Crippen LogP contribution in [0.4, 0.5) is 8.78 Å². The molecule has 0 aliphatic rings. The fourth-order valence-electron chi connectivity index (χ4n) is 0.166. The zero-order valence-electron chi connectivity index (χ0n) is 4.27. The Labute approximate surface area is 76.0 Å². The van der Waals surface area contributed by atoms with Crippen LogP contribution in [0.5, 0.6) is 0 Å². The molecule has 0 aliphatic heterocycles. The Morgan fingerprint density at radius 1 is 0.800 bits per heavy atom. The van der Waals surface area contributed by atoms with E-state index in [1.807, 2.05) is 0 Å². The molecular formula is C4Cl4F2. The van der Waals surface area contributed by atoms with Crippen molar-refractivity contribution in [3.05, 3.63) is 20.6 Å². The zero-order valence-corrected chi connectivity index (χ0v) is 7.29. The number of hydrogen-bond donors (Lipinski definition) is 0. The van der Waals surface area contributed by atoms with E-state index < -0.39 is 20.6 Å². The van der Waals surface area contributed by atoms with Crippen LogP contribution in [0.15, 0.2) is 20.6 Å². The predicted molar refractivity (Wildman–Crippen MR) is 39.7 cm³/mol. The molecule has 0 saturated heterocycles. The van der Waals surface area contributed by atoms with Crippen molar-refractivity contribution in [3.8, 4) is 0 Å². The first-order valence-electron chi connectivity index (χ1n) is 1.88. The monoisotopic (exact) mass is 226 g/mol. The van der Waals surface area contributed by atoms with Gasteiger partial charge in [0.25, 0.3) is 6.08 Å². The van der Waals surface area contributed by atoms with Gasteiger partial charge < -0.3 is 0 Å². The molecule has 0 aromatic carbocycles. The number of halogens is 6. The number of allylic oxidation sites excluding steroid dienone is 2. The third-order valence-corrected chi connectivity index (χ3v) is 1.90. The quantitative estimate of drug-likeness (QED) is 0.589. The van der Waals surface area contributed by atoms with Crippen molar-refractivity contribution in [3.63, 3.8) is 0 Å². The topological polar surface area (TPSA) is 0 Å². The summed E-state index contributed by atoms with van der Waals surface area (Å²) in [4.78, 5) is 0. The predicted octanol–water partition coefficient (Wildman–Crippen LogP) is 4.22. The van der Waals surface area contributed by atoms with Crippen molar-refractivity contribution in [2.24, 2.45) is 0 Å². The normalized spacial score (nSPS) is 9.00. The summed E-state index contributed by atoms with van der Waals surface area (Å²) >= 11 is 20.1. The Morgan fingerprint density at radius 3 is 1.30 bits per heavy atom. The summed E-state index contributed by atoms with van der Waals surface area (Å²) in [6.07, 6.45) is -2.12. The molecular weight excluding hydrogens is 228 g/mol. The standard InChI is InChI=1S/C4Cl4F2/c5-1(3(7)8)2(6)4(9)10. The summed E-state index contributed by atoms with van der Waals surface area (Å²) in [5, 5.41) is -1.48. The first-order valence-corrected chi connectivity index (χ1v) is 3.40. The summed E-state index contributed by atoms with van der Waals surface area (Å²) < 4.78 is 22.6. The fraction of sp³-hybridized carbons (Fsp3) is 0. The first kappa shape index (κ1) is 10.5. The van der Waals surface area contributed by atoms with Crippen LogP contribution in [0.25, 0.3) is 0 Å². The van der Waals surface area contributed by atoms with Crippen LogP contribution in [0.3, 0.4) is 0 Å². The molecule has 0 saturated carbocycles. The van der Waals surface area contributed by atoms with Crippen molar-refractivity contribution < 1.29 is 8.78 Å². The van der Waals surface area contributed by atoms with Crippen LogP contribution >= 0.6 is 46.4 Å². The van der Waals surface area contributed by atoms with Crippen molar-refractivity contribution in [1.29, 1.82) is 0 Å². The lowest BCUT2D eigenvalue weighted by Gasteiger charge is -1.92. The molecule has 0 aliphatic carbocycles. The lowest BCUT2D eigenvalue weighted by Crippen LogP contribution is -1.74. The summed E-state index contributed by atoms with van der Waals surface area (Å²) in [6.45, 7) is 0. The molecule has 0 aromatic rings. The van der Waals surface area contributed by atoms with E-state index in [1.165, 1.54) is 0 Å². The maximum Gasteiger partial charge on any atom is 0.290 e. The summed E-state index contributed by atoms with van der Waals surface area (Å²) in [5.74, 6) is 0. The second-order valence-electron chi connectivity index (χ2n) is 1.15. The van der Waals surface area contributed by atoms with E-state index in [9.17, 15) is 8.78 Å². The van der Waals surface area contributed by atoms with Gasteiger partial charge in [-0.25, -0.2) is 0 Å². The second kappa shape index (κ2) is 4.39. The van der Waals surface area contributed by atoms with Gasteiger partial charge in [-0.3, -0.25) is 0 Å². The van der Waals surface area contributed by atoms with Gasteiger partial charge in [0.1, 0.15) is 9.52 Å². The molecule has 0 unspecified atom stereocenters. The Hall–Kier alpha value is 0.500. The van der Waals surface area contributed by atoms with Crippen LogP contribution in [0.1, 0.15) is 0 Å². The van der Waals surface area contributed by atoms with Crippen molar-refractivity contribution in [2.45, 2.75) is 0 Å². The third kappa shape index (κ3) is 3.06. The van der Waals surface area contributed by atoms with Crippen LogP contribution in [-0.2, 0) is 0 Å². The summed E-state index contributed by atoms with van der Waals surface area (Å²) in [6, 6.07) is 0. The molecule has 0 N–H and O–H groups in total. The van der Waals surface area contributed by atoms with E-state index in [0.717, 1.165) is 0 Å². The fourth-order valence-corrected chi connectivity index (χ4v) is 0.618. The number of rotatable bonds is 1. The molecule has 0 amide bonds. The molecule has 0 radical (unpaired) electrons. The summed E-state index contributed by atoms with van der Waals surface area (Å²) in [7, 11) is 0. The summed E-state index contributed by atoms with van der Waals surface area (Å²) in [5.41, 5.74) is 0. The van der Waals surface area contributed by atoms with E-state index in [4.69, 9.17) is 46.4 Å². The Morgan fingerprint density at radius 2 is 1.20 bits per heavy atom. The second-order valence-corrected chi connectivity index (χ2v) is 2.85. The maximum atomic E-state index is 11.6. The Bertz CT molecular complexity index is 165. The van der Waals surface area contributed by atoms with E-state index in [1.54, 1.807) is 0 Å². The lowest BCUT2D eigenvalue weighted by molar-refractivity contribution is 0.419. The lowest BCUT2D eigenvalue weighted by atomic mass is 10.6. The van der Waals surface area contributed by atoms with Crippen LogP contribution in [0, 0.1) is 0 Å². The van der Waals surface area contributed by atoms with Crippen LogP contribution in [-0.4, -0.2) is 0 Å². The molecule has 0 fully saturated rings. The van der Waals surface area contributed by atoms with Crippen molar-refractivity contribution >= 4 is 46.4 Å². The van der Waals surface area contributed by atoms with Gasteiger partial charge >= 0.3 is 0 Å². The molecule has 10 heavy (non-hydrogen) atoms. The zero-order chi connectivity index (χ0) is 8.31. The smallest absolute Gasteiger partial charge is 0.172 e. The minimum absolute atomic E-state index is 0.487. The minimum atomic E-state index is -2.12. The average molecular weight is 228 g/mol. The molecule has 0 spiro atoms. The van der Waals surface area contributed by atoms with Crippen molar-refractivity contribution in [2.75, 3.05) is 0 Å². The maximum absolute atomic E-state index is 11.6. The van der Waals surface area contributed by atoms with Gasteiger partial charge in [-0.05, 0) is 0 Å². The molecule has 0 heterocycles. The van der Waals surface area contributed by atoms with Crippen molar-refractivity contribution in [1.82, 2.24) is 0 Å². The average Bonchev–Trinajstić information content (AvgIpc) is 1.84. The van der Waals surface area contributed by atoms with Gasteiger partial charge in [0, 0.05) is 0 Å². The highest BCUT2D eigenvalue weighted by atomic mass is 35.5. The van der Waals surface area contributed by atoms with E-state index in [2.05, 4.69) is 0 Å². The molecule has 6 heteroatoms. The SMILES string of the molecule is FC(F)=C(Cl)C(Cl)=C(Cl)Cl. The molecule has 0 atom stereocenters. The molecule has 0 nitrogen and oxygen atoms in total. The number of hydrogen-bond acceptors (Lipinski definition) is 0. The Balaban J connectivity index is 4.71. The van der Waals surface area contributed by atoms with Gasteiger partial charge in [-0.1, -0.05) is 46.4 Å². The molecule has 0 rings (SSSR count). The van der Waals surface area contributed by atoms with E-state index in [0.29, 0.717) is 0 Å². The van der Waals surface area contributed by atoms with Gasteiger partial charge in [0.2, 0.25) is 0 Å². The highest BCUT2D eigenvalue weighted by Gasteiger charge is 2.09. The highest BCUT2D eigenvalue weighted by molar-refractivity contribution is 6.61. The van der Waals surface area contributed by atoms with Crippen LogP contribution in [0.2, 0.25) is 0 Å². The van der Waals surface area contributed by atoms with Gasteiger partial charge in [-0.2, -0.15) is 8.78 Å². The van der Waals surface area contributed by atoms with Crippen LogP contribution < -0.4 is 0 Å². The Kier molecular flexibility index (Phi) is 4.61. The van der Waals surface area contributed by atoms with E-state index >= 15 is 0 Å². The third-order valence-electron chi connectivity index (χ3n) is 0.525. The molecule has 0 aromatic heterocycles. The van der Waals surface area contributed by atoms with Gasteiger partial charge in [0.15, 0.2) is 0 Å². The molecule has 0 bridgehead atoms. The first-order chi connectivity index (χ1) is 4.46. The van der Waals surface area contributed by atoms with Gasteiger partial charge in [-0.15, -0.1) is 0 Å². The highest BCUT2D eigenvalue weighted by Crippen LogP contribution is 2.30. The largest absolute Gasteiger partial charge is 0.290 e.